The Labute approximate surface area is 190 Å². The number of nitrogens with two attached hydrogens (primary N) is 1. The van der Waals surface area contributed by atoms with Gasteiger partial charge >= 0.3 is 0 Å². The van der Waals surface area contributed by atoms with Gasteiger partial charge in [0.05, 0.1) is 35.5 Å². The summed E-state index contributed by atoms with van der Waals surface area (Å²) < 4.78 is 26.2. The van der Waals surface area contributed by atoms with E-state index in [0.717, 1.165) is 32.0 Å². The Morgan fingerprint density at radius 2 is 2.00 bits per heavy atom. The normalized spacial score (nSPS) is 19.4. The number of carbonyl (C=O) groups excluding carboxylic acids is 1. The van der Waals surface area contributed by atoms with Crippen LogP contribution in [0.2, 0.25) is 5.02 Å². The third kappa shape index (κ3) is 4.61. The zero-order valence-electron chi connectivity index (χ0n) is 17.6. The number of aldehydes is 1. The van der Waals surface area contributed by atoms with Crippen molar-refractivity contribution in [1.29, 1.82) is 0 Å². The van der Waals surface area contributed by atoms with E-state index in [4.69, 9.17) is 26.8 Å². The van der Waals surface area contributed by atoms with E-state index in [9.17, 15) is 9.18 Å². The molecule has 0 amide bonds. The molecule has 32 heavy (non-hydrogen) atoms. The number of benzene rings is 2. The molecule has 1 aliphatic rings. The first-order valence-electron chi connectivity index (χ1n) is 10.4. The number of ether oxygens (including phenoxy) is 2. The van der Waals surface area contributed by atoms with Crippen LogP contribution in [0.25, 0.3) is 10.9 Å². The van der Waals surface area contributed by atoms with Crippen LogP contribution in [0.5, 0.6) is 11.5 Å². The van der Waals surface area contributed by atoms with Crippen molar-refractivity contribution in [2.75, 3.05) is 12.4 Å². The highest BCUT2D eigenvalue weighted by atomic mass is 35.5. The number of anilines is 2. The maximum absolute atomic E-state index is 14.4. The Morgan fingerprint density at radius 1 is 1.22 bits per heavy atom. The molecule has 1 fully saturated rings. The van der Waals surface area contributed by atoms with Gasteiger partial charge in [-0.3, -0.25) is 0 Å². The number of nitrogens with one attached hydrogen (secondary N) is 1. The van der Waals surface area contributed by atoms with Gasteiger partial charge < -0.3 is 25.3 Å². The fraction of sp³-hybridized carbons (Fsp3) is 0.348. The summed E-state index contributed by atoms with van der Waals surface area (Å²) in [7, 11) is 1.57. The van der Waals surface area contributed by atoms with Gasteiger partial charge in [0, 0.05) is 11.5 Å². The average Bonchev–Trinajstić information content (AvgIpc) is 2.82. The van der Waals surface area contributed by atoms with Crippen molar-refractivity contribution < 1.29 is 18.7 Å². The van der Waals surface area contributed by atoms with Crippen molar-refractivity contribution in [1.82, 2.24) is 9.97 Å². The average molecular weight is 459 g/mol. The molecule has 0 spiro atoms. The number of methoxy groups -OCH3 is 1. The van der Waals surface area contributed by atoms with Crippen molar-refractivity contribution in [3.8, 4) is 11.5 Å². The number of aromatic nitrogens is 2. The van der Waals surface area contributed by atoms with E-state index in [0.29, 0.717) is 28.2 Å². The summed E-state index contributed by atoms with van der Waals surface area (Å²) in [5.41, 5.74) is 6.70. The number of nitrogens with zero attached hydrogens (tertiary/aromatic N) is 2. The molecule has 1 atom stereocenters. The first-order valence-corrected chi connectivity index (χ1v) is 10.8. The lowest BCUT2D eigenvalue weighted by molar-refractivity contribution is -0.110. The third-order valence-electron chi connectivity index (χ3n) is 5.84. The first kappa shape index (κ1) is 22.2. The van der Waals surface area contributed by atoms with Crippen LogP contribution in [0.1, 0.15) is 25.7 Å². The van der Waals surface area contributed by atoms with Crippen molar-refractivity contribution in [2.45, 2.75) is 37.8 Å². The largest absolute Gasteiger partial charge is 0.493 e. The zero-order chi connectivity index (χ0) is 22.7. The third-order valence-corrected chi connectivity index (χ3v) is 6.13. The smallest absolute Gasteiger partial charge is 0.165 e. The highest BCUT2D eigenvalue weighted by molar-refractivity contribution is 6.31. The van der Waals surface area contributed by atoms with Gasteiger partial charge in [-0.15, -0.1) is 0 Å². The van der Waals surface area contributed by atoms with Gasteiger partial charge in [-0.2, -0.15) is 0 Å². The summed E-state index contributed by atoms with van der Waals surface area (Å²) in [5, 5.41) is 3.66. The van der Waals surface area contributed by atoms with E-state index in [1.165, 1.54) is 12.4 Å². The summed E-state index contributed by atoms with van der Waals surface area (Å²) in [5.74, 6) is 1.14. The first-order chi connectivity index (χ1) is 15.5. The quantitative estimate of drug-likeness (QED) is 0.497. The SMILES string of the molecule is COc1cc2ncnc(Nc3cccc(Cl)c3F)c2cc1OC1CCC(C(N)C=O)CC1. The maximum Gasteiger partial charge on any atom is 0.165 e. The Hall–Kier alpha value is -2.97. The summed E-state index contributed by atoms with van der Waals surface area (Å²) in [6, 6.07) is 7.85. The number of hydrogen-bond donors (Lipinski definition) is 2. The summed E-state index contributed by atoms with van der Waals surface area (Å²) in [6.07, 6.45) is 5.41. The zero-order valence-corrected chi connectivity index (χ0v) is 18.3. The predicted octanol–water partition coefficient (Wildman–Crippen LogP) is 4.64. The molecule has 0 aliphatic heterocycles. The van der Waals surface area contributed by atoms with Crippen molar-refractivity contribution >= 4 is 40.3 Å². The van der Waals surface area contributed by atoms with Crippen LogP contribution in [0.4, 0.5) is 15.9 Å². The van der Waals surface area contributed by atoms with Gasteiger partial charge in [-0.25, -0.2) is 14.4 Å². The van der Waals surface area contributed by atoms with Crippen molar-refractivity contribution in [3.63, 3.8) is 0 Å². The lowest BCUT2D eigenvalue weighted by Gasteiger charge is -2.30. The molecule has 3 aromatic rings. The van der Waals surface area contributed by atoms with Crippen LogP contribution >= 0.6 is 11.6 Å². The summed E-state index contributed by atoms with van der Waals surface area (Å²) in [6.45, 7) is 0. The second kappa shape index (κ2) is 9.67. The van der Waals surface area contributed by atoms with Gasteiger partial charge in [0.1, 0.15) is 18.4 Å². The minimum Gasteiger partial charge on any atom is -0.493 e. The highest BCUT2D eigenvalue weighted by Crippen LogP contribution is 2.38. The minimum absolute atomic E-state index is 0.0175. The Bertz CT molecular complexity index is 1120. The molecule has 7 nitrogen and oxygen atoms in total. The standard InChI is InChI=1S/C23H24ClFN4O3/c1-31-20-10-19-15(9-21(20)32-14-7-5-13(6-8-14)17(26)11-30)23(28-12-27-19)29-18-4-2-3-16(24)22(18)25/h2-4,9-14,17H,5-8,26H2,1H3,(H,27,28,29). The molecule has 9 heteroatoms. The monoisotopic (exact) mass is 458 g/mol. The van der Waals surface area contributed by atoms with Gasteiger partial charge in [0.25, 0.3) is 0 Å². The van der Waals surface area contributed by atoms with E-state index in [2.05, 4.69) is 15.3 Å². The van der Waals surface area contributed by atoms with Crippen LogP contribution in [0, 0.1) is 11.7 Å². The minimum atomic E-state index is -0.559. The van der Waals surface area contributed by atoms with E-state index in [-0.39, 0.29) is 22.7 Å². The molecule has 1 heterocycles. The van der Waals surface area contributed by atoms with Gasteiger partial charge in [0.2, 0.25) is 0 Å². The molecule has 0 bridgehead atoms. The topological polar surface area (TPSA) is 99.4 Å². The van der Waals surface area contributed by atoms with E-state index in [1.807, 2.05) is 0 Å². The Balaban J connectivity index is 1.61. The molecule has 1 saturated carbocycles. The van der Waals surface area contributed by atoms with E-state index >= 15 is 0 Å². The van der Waals surface area contributed by atoms with E-state index in [1.54, 1.807) is 31.4 Å². The number of hydrogen-bond acceptors (Lipinski definition) is 7. The molecule has 2 aromatic carbocycles. The predicted molar refractivity (Wildman–Crippen MR) is 121 cm³/mol. The Kier molecular flexibility index (Phi) is 6.72. The molecule has 0 radical (unpaired) electrons. The fourth-order valence-corrected chi connectivity index (χ4v) is 4.20. The number of fused-ring (bicyclic) bond motifs is 1. The number of halogens is 2. The maximum atomic E-state index is 14.4. The summed E-state index contributed by atoms with van der Waals surface area (Å²) >= 11 is 5.90. The van der Waals surface area contributed by atoms with Crippen LogP contribution in [0.15, 0.2) is 36.7 Å². The molecule has 4 rings (SSSR count). The molecule has 168 valence electrons. The van der Waals surface area contributed by atoms with Crippen LogP contribution in [0.3, 0.4) is 0 Å². The Morgan fingerprint density at radius 3 is 2.72 bits per heavy atom. The lowest BCUT2D eigenvalue weighted by Crippen LogP contribution is -2.36. The number of rotatable bonds is 7. The summed E-state index contributed by atoms with van der Waals surface area (Å²) in [4.78, 5) is 19.6. The van der Waals surface area contributed by atoms with Crippen molar-refractivity contribution in [3.05, 3.63) is 47.5 Å². The fourth-order valence-electron chi connectivity index (χ4n) is 4.03. The van der Waals surface area contributed by atoms with Gasteiger partial charge in [-0.1, -0.05) is 17.7 Å². The molecule has 3 N–H and O–H groups in total. The molecule has 0 saturated heterocycles. The molecular weight excluding hydrogens is 435 g/mol. The lowest BCUT2D eigenvalue weighted by atomic mass is 9.83. The molecular formula is C23H24ClFN4O3. The molecule has 1 unspecified atom stereocenters. The van der Waals surface area contributed by atoms with Crippen LogP contribution in [-0.4, -0.2) is 35.5 Å². The van der Waals surface area contributed by atoms with Crippen LogP contribution in [-0.2, 0) is 4.79 Å². The van der Waals surface area contributed by atoms with Gasteiger partial charge in [0.15, 0.2) is 17.3 Å². The number of carbonyl (C=O) groups is 1. The van der Waals surface area contributed by atoms with Crippen molar-refractivity contribution in [2.24, 2.45) is 11.7 Å². The molecule has 1 aromatic heterocycles. The second-order valence-electron chi connectivity index (χ2n) is 7.84. The second-order valence-corrected chi connectivity index (χ2v) is 8.24. The van der Waals surface area contributed by atoms with E-state index < -0.39 is 11.9 Å². The van der Waals surface area contributed by atoms with Gasteiger partial charge in [-0.05, 0) is 49.8 Å². The van der Waals surface area contributed by atoms with Crippen LogP contribution < -0.4 is 20.5 Å². The highest BCUT2D eigenvalue weighted by Gasteiger charge is 2.27. The molecule has 1 aliphatic carbocycles.